The minimum absolute atomic E-state index is 0.00739. The first-order chi connectivity index (χ1) is 11.4. The lowest BCUT2D eigenvalue weighted by Gasteiger charge is -2.31. The number of carbonyl (C=O) groups excluding carboxylic acids is 2. The minimum atomic E-state index is -0.0782. The summed E-state index contributed by atoms with van der Waals surface area (Å²) in [5, 5.41) is 0. The highest BCUT2D eigenvalue weighted by Gasteiger charge is 2.22. The van der Waals surface area contributed by atoms with Crippen molar-refractivity contribution in [2.45, 2.75) is 45.1 Å². The Labute approximate surface area is 144 Å². The summed E-state index contributed by atoms with van der Waals surface area (Å²) in [4.78, 5) is 27.8. The number of hydrogen-bond acceptors (Lipinski definition) is 3. The summed E-state index contributed by atoms with van der Waals surface area (Å²) in [6, 6.07) is 5.67. The number of likely N-dealkylation sites (N-methyl/N-ethyl adjacent to an activating group) is 1. The maximum absolute atomic E-state index is 12.4. The van der Waals surface area contributed by atoms with Crippen LogP contribution in [0.4, 0.5) is 0 Å². The van der Waals surface area contributed by atoms with Crippen molar-refractivity contribution in [1.29, 1.82) is 0 Å². The molecule has 0 atom stereocenters. The second kappa shape index (κ2) is 8.18. The van der Waals surface area contributed by atoms with E-state index in [1.54, 1.807) is 26.2 Å². The third kappa shape index (κ3) is 4.49. The second-order valence-corrected chi connectivity index (χ2v) is 6.77. The first kappa shape index (κ1) is 18.3. The van der Waals surface area contributed by atoms with Gasteiger partial charge in [-0.1, -0.05) is 25.3 Å². The molecule has 0 heterocycles. The van der Waals surface area contributed by atoms with Crippen molar-refractivity contribution in [3.8, 4) is 5.75 Å². The minimum Gasteiger partial charge on any atom is -0.483 e. The van der Waals surface area contributed by atoms with E-state index in [4.69, 9.17) is 4.74 Å². The van der Waals surface area contributed by atoms with E-state index >= 15 is 0 Å². The average molecular weight is 332 g/mol. The highest BCUT2D eigenvalue weighted by Crippen LogP contribution is 2.23. The van der Waals surface area contributed by atoms with Gasteiger partial charge in [-0.15, -0.1) is 0 Å². The topological polar surface area (TPSA) is 49.9 Å². The van der Waals surface area contributed by atoms with Gasteiger partial charge in [-0.05, 0) is 37.5 Å². The number of hydrogen-bond donors (Lipinski definition) is 0. The molecule has 1 fully saturated rings. The Morgan fingerprint density at radius 2 is 1.79 bits per heavy atom. The molecule has 0 spiro atoms. The standard InChI is InChI=1S/C19H28N2O3/c1-14-10-11-15(19(23)20(2)3)12-17(14)24-13-18(22)21(4)16-8-6-5-7-9-16/h10-12,16H,5-9,13H2,1-4H3. The van der Waals surface area contributed by atoms with Gasteiger partial charge in [0.2, 0.25) is 0 Å². The van der Waals surface area contributed by atoms with Crippen molar-refractivity contribution in [2.24, 2.45) is 0 Å². The van der Waals surface area contributed by atoms with Gasteiger partial charge in [-0.25, -0.2) is 0 Å². The molecule has 5 heteroatoms. The molecule has 1 aliphatic carbocycles. The van der Waals surface area contributed by atoms with Gasteiger partial charge in [0.25, 0.3) is 11.8 Å². The first-order valence-electron chi connectivity index (χ1n) is 8.61. The fourth-order valence-corrected chi connectivity index (χ4v) is 3.06. The van der Waals surface area contributed by atoms with Crippen LogP contribution in [0.15, 0.2) is 18.2 Å². The number of aryl methyl sites for hydroxylation is 1. The zero-order valence-corrected chi connectivity index (χ0v) is 15.2. The smallest absolute Gasteiger partial charge is 0.260 e. The molecule has 1 aliphatic rings. The Kier molecular flexibility index (Phi) is 6.23. The first-order valence-corrected chi connectivity index (χ1v) is 8.61. The predicted octanol–water partition coefficient (Wildman–Crippen LogP) is 2.87. The maximum Gasteiger partial charge on any atom is 0.260 e. The lowest BCUT2D eigenvalue weighted by atomic mass is 9.94. The number of nitrogens with zero attached hydrogens (tertiary/aromatic N) is 2. The van der Waals surface area contributed by atoms with Gasteiger partial charge in [0.05, 0.1) is 0 Å². The van der Waals surface area contributed by atoms with Gasteiger partial charge in [-0.2, -0.15) is 0 Å². The van der Waals surface area contributed by atoms with Crippen LogP contribution in [-0.4, -0.2) is 55.4 Å². The Morgan fingerprint density at radius 1 is 1.12 bits per heavy atom. The Balaban J connectivity index is 1.98. The van der Waals surface area contributed by atoms with Crippen LogP contribution in [0, 0.1) is 6.92 Å². The molecule has 24 heavy (non-hydrogen) atoms. The zero-order chi connectivity index (χ0) is 17.7. The molecule has 0 unspecified atom stereocenters. The SMILES string of the molecule is Cc1ccc(C(=O)N(C)C)cc1OCC(=O)N(C)C1CCCCC1. The molecule has 0 aliphatic heterocycles. The third-order valence-electron chi connectivity index (χ3n) is 4.71. The number of benzene rings is 1. The number of amides is 2. The summed E-state index contributed by atoms with van der Waals surface area (Å²) in [5.74, 6) is 0.504. The second-order valence-electron chi connectivity index (χ2n) is 6.77. The van der Waals surface area contributed by atoms with Gasteiger partial charge < -0.3 is 14.5 Å². The molecule has 1 aromatic carbocycles. The van der Waals surface area contributed by atoms with Crippen molar-refractivity contribution in [3.05, 3.63) is 29.3 Å². The van der Waals surface area contributed by atoms with Crippen LogP contribution in [0.5, 0.6) is 5.75 Å². The maximum atomic E-state index is 12.4. The molecular weight excluding hydrogens is 304 g/mol. The van der Waals surface area contributed by atoms with Crippen molar-refractivity contribution >= 4 is 11.8 Å². The predicted molar refractivity (Wildman–Crippen MR) is 94.3 cm³/mol. The van der Waals surface area contributed by atoms with Crippen LogP contribution in [0.2, 0.25) is 0 Å². The summed E-state index contributed by atoms with van der Waals surface area (Å²) in [6.07, 6.45) is 5.80. The largest absolute Gasteiger partial charge is 0.483 e. The normalized spacial score (nSPS) is 15.0. The van der Waals surface area contributed by atoms with Crippen LogP contribution >= 0.6 is 0 Å². The van der Waals surface area contributed by atoms with Gasteiger partial charge >= 0.3 is 0 Å². The fourth-order valence-electron chi connectivity index (χ4n) is 3.06. The third-order valence-corrected chi connectivity index (χ3v) is 4.71. The highest BCUT2D eigenvalue weighted by molar-refractivity contribution is 5.94. The Hall–Kier alpha value is -2.04. The van der Waals surface area contributed by atoms with E-state index in [0.29, 0.717) is 17.4 Å². The van der Waals surface area contributed by atoms with Gasteiger partial charge in [0, 0.05) is 32.7 Å². The molecule has 0 saturated heterocycles. The lowest BCUT2D eigenvalue weighted by molar-refractivity contribution is -0.134. The van der Waals surface area contributed by atoms with Crippen molar-refractivity contribution < 1.29 is 14.3 Å². The molecule has 132 valence electrons. The van der Waals surface area contributed by atoms with Crippen LogP contribution < -0.4 is 4.74 Å². The molecule has 0 N–H and O–H groups in total. The van der Waals surface area contributed by atoms with E-state index in [9.17, 15) is 9.59 Å². The van der Waals surface area contributed by atoms with Crippen molar-refractivity contribution in [2.75, 3.05) is 27.7 Å². The molecule has 2 rings (SSSR count). The summed E-state index contributed by atoms with van der Waals surface area (Å²) in [7, 11) is 5.29. The summed E-state index contributed by atoms with van der Waals surface area (Å²) < 4.78 is 5.72. The molecule has 0 bridgehead atoms. The van der Waals surface area contributed by atoms with Crippen LogP contribution in [-0.2, 0) is 4.79 Å². The lowest BCUT2D eigenvalue weighted by Crippen LogP contribution is -2.40. The highest BCUT2D eigenvalue weighted by atomic mass is 16.5. The molecule has 5 nitrogen and oxygen atoms in total. The van der Waals surface area contributed by atoms with Crippen molar-refractivity contribution in [3.63, 3.8) is 0 Å². The molecule has 2 amide bonds. The summed E-state index contributed by atoms with van der Waals surface area (Å²) in [6.45, 7) is 1.92. The monoisotopic (exact) mass is 332 g/mol. The van der Waals surface area contributed by atoms with E-state index in [-0.39, 0.29) is 18.4 Å². The van der Waals surface area contributed by atoms with Gasteiger partial charge in [0.1, 0.15) is 5.75 Å². The number of ether oxygens (including phenoxy) is 1. The zero-order valence-electron chi connectivity index (χ0n) is 15.2. The van der Waals surface area contributed by atoms with Crippen molar-refractivity contribution in [1.82, 2.24) is 9.80 Å². The molecule has 1 saturated carbocycles. The quantitative estimate of drug-likeness (QED) is 0.833. The van der Waals surface area contributed by atoms with Crippen LogP contribution in [0.3, 0.4) is 0 Å². The van der Waals surface area contributed by atoms with Gasteiger partial charge in [0.15, 0.2) is 6.61 Å². The van der Waals surface area contributed by atoms with E-state index in [1.807, 2.05) is 24.9 Å². The summed E-state index contributed by atoms with van der Waals surface area (Å²) in [5.41, 5.74) is 1.48. The molecule has 0 aromatic heterocycles. The summed E-state index contributed by atoms with van der Waals surface area (Å²) >= 11 is 0. The van der Waals surface area contributed by atoms with E-state index in [2.05, 4.69) is 0 Å². The van der Waals surface area contributed by atoms with E-state index < -0.39 is 0 Å². The average Bonchev–Trinajstić information content (AvgIpc) is 2.60. The number of rotatable bonds is 5. The Bertz CT molecular complexity index is 592. The van der Waals surface area contributed by atoms with Crippen LogP contribution in [0.1, 0.15) is 48.0 Å². The van der Waals surface area contributed by atoms with Gasteiger partial charge in [-0.3, -0.25) is 9.59 Å². The molecule has 1 aromatic rings. The molecular formula is C19H28N2O3. The fraction of sp³-hybridized carbons (Fsp3) is 0.579. The Morgan fingerprint density at radius 3 is 2.42 bits per heavy atom. The van der Waals surface area contributed by atoms with E-state index in [0.717, 1.165) is 18.4 Å². The molecule has 0 radical (unpaired) electrons. The number of carbonyl (C=O) groups is 2. The van der Waals surface area contributed by atoms with Crippen LogP contribution in [0.25, 0.3) is 0 Å². The van der Waals surface area contributed by atoms with E-state index in [1.165, 1.54) is 24.2 Å².